The summed E-state index contributed by atoms with van der Waals surface area (Å²) >= 11 is 0. The van der Waals surface area contributed by atoms with Gasteiger partial charge in [-0.2, -0.15) is 0 Å². The minimum Gasteiger partial charge on any atom is -0.342 e. The van der Waals surface area contributed by atoms with Crippen molar-refractivity contribution in [3.05, 3.63) is 0 Å². The Bertz CT molecular complexity index is 196. The van der Waals surface area contributed by atoms with Crippen molar-refractivity contribution in [3.63, 3.8) is 0 Å². The lowest BCUT2D eigenvalue weighted by atomic mass is 10.2. The van der Waals surface area contributed by atoms with Crippen molar-refractivity contribution >= 4 is 5.91 Å². The van der Waals surface area contributed by atoms with Crippen LogP contribution in [0.4, 0.5) is 0 Å². The Morgan fingerprint density at radius 2 is 2.15 bits per heavy atom. The second-order valence-electron chi connectivity index (χ2n) is 3.15. The van der Waals surface area contributed by atoms with Crippen LogP contribution in [0.15, 0.2) is 0 Å². The molecule has 74 valence electrons. The van der Waals surface area contributed by atoms with E-state index in [4.69, 9.17) is 6.42 Å². The van der Waals surface area contributed by atoms with Crippen molar-refractivity contribution < 1.29 is 4.79 Å². The van der Waals surface area contributed by atoms with Gasteiger partial charge in [0, 0.05) is 6.04 Å². The van der Waals surface area contributed by atoms with Crippen LogP contribution >= 0.6 is 0 Å². The quantitative estimate of drug-likeness (QED) is 0.608. The van der Waals surface area contributed by atoms with Crippen molar-refractivity contribution in [1.29, 1.82) is 0 Å². The second kappa shape index (κ2) is 6.50. The Morgan fingerprint density at radius 1 is 1.54 bits per heavy atom. The van der Waals surface area contributed by atoms with Crippen LogP contribution < -0.4 is 10.6 Å². The van der Waals surface area contributed by atoms with E-state index in [0.29, 0.717) is 12.6 Å². The number of amides is 1. The van der Waals surface area contributed by atoms with E-state index in [-0.39, 0.29) is 11.9 Å². The molecule has 1 amide bonds. The maximum Gasteiger partial charge on any atom is 0.234 e. The van der Waals surface area contributed by atoms with Crippen LogP contribution in [0.25, 0.3) is 0 Å². The molecule has 0 aromatic carbocycles. The molecule has 0 radical (unpaired) electrons. The smallest absolute Gasteiger partial charge is 0.234 e. The van der Waals surface area contributed by atoms with Gasteiger partial charge >= 0.3 is 0 Å². The van der Waals surface area contributed by atoms with Crippen LogP contribution in [-0.4, -0.2) is 24.5 Å². The van der Waals surface area contributed by atoms with Crippen LogP contribution in [0.3, 0.4) is 0 Å². The van der Waals surface area contributed by atoms with Gasteiger partial charge in [0.15, 0.2) is 0 Å². The highest BCUT2D eigenvalue weighted by molar-refractivity contribution is 5.78. The zero-order chi connectivity index (χ0) is 10.3. The largest absolute Gasteiger partial charge is 0.342 e. The summed E-state index contributed by atoms with van der Waals surface area (Å²) in [6.45, 7) is 6.22. The molecule has 0 aliphatic heterocycles. The first-order valence-corrected chi connectivity index (χ1v) is 4.59. The minimum absolute atomic E-state index is 0.0502. The van der Waals surface area contributed by atoms with Crippen molar-refractivity contribution in [1.82, 2.24) is 10.6 Å². The van der Waals surface area contributed by atoms with Gasteiger partial charge in [0.2, 0.25) is 5.91 Å². The molecule has 13 heavy (non-hydrogen) atoms. The van der Waals surface area contributed by atoms with Gasteiger partial charge in [0.05, 0.1) is 12.6 Å². The zero-order valence-corrected chi connectivity index (χ0v) is 8.55. The fourth-order valence-corrected chi connectivity index (χ4v) is 0.745. The summed E-state index contributed by atoms with van der Waals surface area (Å²) in [4.78, 5) is 11.2. The normalized spacial score (nSPS) is 14.3. The highest BCUT2D eigenvalue weighted by Gasteiger charge is 2.05. The van der Waals surface area contributed by atoms with E-state index in [0.717, 1.165) is 6.42 Å². The average molecular weight is 182 g/mol. The van der Waals surface area contributed by atoms with E-state index in [1.165, 1.54) is 0 Å². The Morgan fingerprint density at radius 3 is 2.62 bits per heavy atom. The molecule has 0 aromatic rings. The summed E-state index contributed by atoms with van der Waals surface area (Å²) in [5.41, 5.74) is 0. The lowest BCUT2D eigenvalue weighted by Gasteiger charge is -2.12. The zero-order valence-electron chi connectivity index (χ0n) is 8.55. The van der Waals surface area contributed by atoms with E-state index < -0.39 is 0 Å². The molecule has 0 heterocycles. The first-order chi connectivity index (χ1) is 6.10. The Labute approximate surface area is 80.3 Å². The van der Waals surface area contributed by atoms with Crippen LogP contribution in [0.2, 0.25) is 0 Å². The van der Waals surface area contributed by atoms with Crippen LogP contribution in [-0.2, 0) is 4.79 Å². The first-order valence-electron chi connectivity index (χ1n) is 4.59. The van der Waals surface area contributed by atoms with E-state index in [9.17, 15) is 4.79 Å². The maximum atomic E-state index is 11.2. The monoisotopic (exact) mass is 182 g/mol. The Balaban J connectivity index is 3.59. The third kappa shape index (κ3) is 6.18. The average Bonchev–Trinajstić information content (AvgIpc) is 2.13. The van der Waals surface area contributed by atoms with E-state index in [1.54, 1.807) is 6.92 Å². The predicted molar refractivity (Wildman–Crippen MR) is 54.2 cm³/mol. The van der Waals surface area contributed by atoms with Gasteiger partial charge in [-0.15, -0.1) is 6.42 Å². The highest BCUT2D eigenvalue weighted by Crippen LogP contribution is 1.86. The molecule has 2 atom stereocenters. The van der Waals surface area contributed by atoms with Crippen molar-refractivity contribution in [2.45, 2.75) is 39.3 Å². The summed E-state index contributed by atoms with van der Waals surface area (Å²) in [5, 5.41) is 5.75. The third-order valence-electron chi connectivity index (χ3n) is 1.85. The van der Waals surface area contributed by atoms with Crippen LogP contribution in [0, 0.1) is 12.3 Å². The topological polar surface area (TPSA) is 41.1 Å². The number of carbonyl (C=O) groups excluding carboxylic acids is 1. The number of nitrogens with one attached hydrogen (secondary N) is 2. The fourth-order valence-electron chi connectivity index (χ4n) is 0.745. The molecule has 0 bridgehead atoms. The van der Waals surface area contributed by atoms with Gasteiger partial charge in [-0.3, -0.25) is 4.79 Å². The molecule has 3 nitrogen and oxygen atoms in total. The lowest BCUT2D eigenvalue weighted by Crippen LogP contribution is -2.40. The van der Waals surface area contributed by atoms with Crippen molar-refractivity contribution in [2.24, 2.45) is 0 Å². The summed E-state index contributed by atoms with van der Waals surface area (Å²) in [6.07, 6.45) is 6.13. The molecule has 0 fully saturated rings. The van der Waals surface area contributed by atoms with Crippen molar-refractivity contribution in [3.8, 4) is 12.3 Å². The minimum atomic E-state index is -0.189. The molecule has 2 N–H and O–H groups in total. The molecule has 2 unspecified atom stereocenters. The number of hydrogen-bond acceptors (Lipinski definition) is 2. The predicted octanol–water partition coefficient (Wildman–Crippen LogP) is 0.512. The molecule has 0 aliphatic carbocycles. The second-order valence-corrected chi connectivity index (χ2v) is 3.15. The van der Waals surface area contributed by atoms with Gasteiger partial charge in [-0.05, 0) is 20.3 Å². The Kier molecular flexibility index (Phi) is 5.99. The summed E-state index contributed by atoms with van der Waals surface area (Å²) in [5.74, 6) is 2.39. The molecule has 3 heteroatoms. The molecule has 0 saturated heterocycles. The van der Waals surface area contributed by atoms with E-state index in [1.807, 2.05) is 6.92 Å². The summed E-state index contributed by atoms with van der Waals surface area (Å²) < 4.78 is 0. The highest BCUT2D eigenvalue weighted by atomic mass is 16.1. The fraction of sp³-hybridized carbons (Fsp3) is 0.700. The molecule has 0 aromatic heterocycles. The molecule has 0 spiro atoms. The standard InChI is InChI=1S/C10H18N2O/c1-5-8(3)11-7-10(13)12-9(4)6-2/h2,8-9,11H,5,7H2,1,3-4H3,(H,12,13). The lowest BCUT2D eigenvalue weighted by molar-refractivity contribution is -0.120. The summed E-state index contributed by atoms with van der Waals surface area (Å²) in [7, 11) is 0. The SMILES string of the molecule is C#CC(C)NC(=O)CNC(C)CC. The van der Waals surface area contributed by atoms with Gasteiger partial charge in [0.25, 0.3) is 0 Å². The van der Waals surface area contributed by atoms with E-state index in [2.05, 4.69) is 23.5 Å². The number of rotatable bonds is 5. The van der Waals surface area contributed by atoms with Gasteiger partial charge in [-0.25, -0.2) is 0 Å². The van der Waals surface area contributed by atoms with Gasteiger partial charge in [-0.1, -0.05) is 12.8 Å². The van der Waals surface area contributed by atoms with Crippen LogP contribution in [0.1, 0.15) is 27.2 Å². The van der Waals surface area contributed by atoms with Crippen LogP contribution in [0.5, 0.6) is 0 Å². The molecule has 0 rings (SSSR count). The first kappa shape index (κ1) is 12.0. The number of terminal acetylenes is 1. The Hall–Kier alpha value is -1.01. The number of hydrogen-bond donors (Lipinski definition) is 2. The molecule has 0 saturated carbocycles. The van der Waals surface area contributed by atoms with Gasteiger partial charge in [0.1, 0.15) is 0 Å². The van der Waals surface area contributed by atoms with Gasteiger partial charge < -0.3 is 10.6 Å². The third-order valence-corrected chi connectivity index (χ3v) is 1.85. The molecular formula is C10H18N2O. The maximum absolute atomic E-state index is 11.2. The molecular weight excluding hydrogens is 164 g/mol. The summed E-state index contributed by atoms with van der Waals surface area (Å²) in [6, 6.07) is 0.179. The van der Waals surface area contributed by atoms with E-state index >= 15 is 0 Å². The molecule has 0 aliphatic rings. The van der Waals surface area contributed by atoms with Crippen molar-refractivity contribution in [2.75, 3.05) is 6.54 Å². The number of carbonyl (C=O) groups is 1.